The Bertz CT molecular complexity index is 902. The third-order valence-corrected chi connectivity index (χ3v) is 11.8. The van der Waals surface area contributed by atoms with E-state index in [4.69, 9.17) is 55.8 Å². The van der Waals surface area contributed by atoms with E-state index in [1.54, 1.807) is 0 Å². The fourth-order valence-corrected chi connectivity index (χ4v) is 11.2. The van der Waals surface area contributed by atoms with Crippen LogP contribution in [0.15, 0.2) is 121 Å². The second kappa shape index (κ2) is 23.8. The molecule has 0 amide bonds. The maximum Gasteiger partial charge on any atom is 0.174 e. The van der Waals surface area contributed by atoms with Gasteiger partial charge in [-0.25, -0.2) is 0 Å². The zero-order valence-corrected chi connectivity index (χ0v) is 31.9. The Morgan fingerprint density at radius 1 is 0.378 bits per heavy atom. The molecule has 0 unspecified atom stereocenters. The van der Waals surface area contributed by atoms with Gasteiger partial charge in [-0.2, -0.15) is 0 Å². The minimum Gasteiger partial charge on any atom is -0.0620 e. The molecular formula is C25H24Cl6P2Pd2Ti2+2. The molecule has 0 radical (unpaired) electrons. The number of halogens is 6. The van der Waals surface area contributed by atoms with Crippen LogP contribution in [0.3, 0.4) is 0 Å². The van der Waals surface area contributed by atoms with Crippen LogP contribution in [0.1, 0.15) is 0 Å². The van der Waals surface area contributed by atoms with E-state index in [-0.39, 0.29) is 40.8 Å². The second-order valence-corrected chi connectivity index (χ2v) is 28.1. The van der Waals surface area contributed by atoms with Crippen LogP contribution in [-0.2, 0) is 70.2 Å². The molecule has 0 heterocycles. The van der Waals surface area contributed by atoms with Gasteiger partial charge in [0.25, 0.3) is 0 Å². The largest absolute Gasteiger partial charge is 0.174 e. The molecule has 0 aliphatic carbocycles. The number of benzene rings is 4. The van der Waals surface area contributed by atoms with Gasteiger partial charge in [0.1, 0.15) is 37.1 Å². The van der Waals surface area contributed by atoms with Crippen LogP contribution in [0.25, 0.3) is 0 Å². The molecular weight excluding hydrogens is 884 g/mol. The van der Waals surface area contributed by atoms with Crippen molar-refractivity contribution < 1.29 is 70.2 Å². The number of hydrogen-bond acceptors (Lipinski definition) is 0. The molecule has 0 nitrogen and oxygen atoms in total. The van der Waals surface area contributed by atoms with Crippen molar-refractivity contribution in [3.63, 3.8) is 0 Å². The molecule has 4 aromatic rings. The van der Waals surface area contributed by atoms with Gasteiger partial charge in [-0.05, 0) is 48.5 Å². The van der Waals surface area contributed by atoms with Gasteiger partial charge in [-0.1, -0.05) is 72.8 Å². The van der Waals surface area contributed by atoms with Gasteiger partial charge in [0.2, 0.25) is 0 Å². The monoisotopic (exact) mass is 904 g/mol. The van der Waals surface area contributed by atoms with Crippen molar-refractivity contribution in [3.8, 4) is 0 Å². The summed E-state index contributed by atoms with van der Waals surface area (Å²) in [6.07, 6.45) is 0. The smallest absolute Gasteiger partial charge is 0.0620 e. The van der Waals surface area contributed by atoms with Crippen molar-refractivity contribution in [1.29, 1.82) is 0 Å². The molecule has 202 valence electrons. The van der Waals surface area contributed by atoms with Gasteiger partial charge in [0, 0.05) is 40.8 Å². The predicted molar refractivity (Wildman–Crippen MR) is 161 cm³/mol. The zero-order valence-electron chi connectivity index (χ0n) is 19.2. The fourth-order valence-electron chi connectivity index (χ4n) is 3.48. The van der Waals surface area contributed by atoms with E-state index in [0.29, 0.717) is 0 Å². The van der Waals surface area contributed by atoms with Crippen molar-refractivity contribution in [3.05, 3.63) is 121 Å². The third kappa shape index (κ3) is 17.1. The molecule has 0 aliphatic heterocycles. The molecule has 0 aliphatic rings. The molecule has 0 fully saturated rings. The molecule has 0 N–H and O–H groups in total. The summed E-state index contributed by atoms with van der Waals surface area (Å²) in [5.74, 6) is 1.25. The quantitative estimate of drug-likeness (QED) is 0.134. The van der Waals surface area contributed by atoms with Crippen LogP contribution >= 0.6 is 71.7 Å². The summed E-state index contributed by atoms with van der Waals surface area (Å²) < 4.78 is 0. The first-order valence-corrected chi connectivity index (χ1v) is 26.8. The van der Waals surface area contributed by atoms with Crippen molar-refractivity contribution in [2.75, 3.05) is 5.90 Å². The molecule has 12 heteroatoms. The molecule has 0 aromatic heterocycles. The van der Waals surface area contributed by atoms with Crippen LogP contribution in [0.4, 0.5) is 0 Å². The molecule has 4 rings (SSSR count). The van der Waals surface area contributed by atoms with Crippen LogP contribution in [0.5, 0.6) is 0 Å². The molecule has 0 bridgehead atoms. The van der Waals surface area contributed by atoms with Crippen molar-refractivity contribution >= 4 is 92.9 Å². The van der Waals surface area contributed by atoms with Crippen LogP contribution in [0.2, 0.25) is 0 Å². The van der Waals surface area contributed by atoms with Gasteiger partial charge in [-0.3, -0.25) is 0 Å². The minimum absolute atomic E-state index is 0. The van der Waals surface area contributed by atoms with E-state index >= 15 is 0 Å². The predicted octanol–water partition coefficient (Wildman–Crippen LogP) is 8.80. The fraction of sp³-hybridized carbons (Fsp3) is 0.0400. The number of hydrogen-bond donors (Lipinski definition) is 0. The van der Waals surface area contributed by atoms with E-state index in [9.17, 15) is 0 Å². The normalized spacial score (nSPS) is 9.51. The number of rotatable bonds is 6. The topological polar surface area (TPSA) is 0 Å². The summed E-state index contributed by atoms with van der Waals surface area (Å²) in [5, 5.41) is 6.01. The maximum absolute atomic E-state index is 4.97. The molecule has 0 saturated heterocycles. The van der Waals surface area contributed by atoms with Crippen LogP contribution in [-0.4, -0.2) is 5.90 Å². The first kappa shape index (κ1) is 39.2. The third-order valence-electron chi connectivity index (χ3n) is 4.84. The van der Waals surface area contributed by atoms with Crippen molar-refractivity contribution in [2.24, 2.45) is 0 Å². The Labute approximate surface area is 286 Å². The van der Waals surface area contributed by atoms with E-state index in [1.807, 2.05) is 0 Å². The van der Waals surface area contributed by atoms with E-state index in [0.717, 1.165) is 0 Å². The van der Waals surface area contributed by atoms with Gasteiger partial charge in [-0.15, -0.1) is 0 Å². The molecule has 4 aromatic carbocycles. The molecule has 0 spiro atoms. The van der Waals surface area contributed by atoms with E-state index < -0.39 is 45.2 Å². The summed E-state index contributed by atoms with van der Waals surface area (Å²) >= 11 is -3.83. The first-order valence-electron chi connectivity index (χ1n) is 10.5. The van der Waals surface area contributed by atoms with Gasteiger partial charge in [0.15, 0.2) is 5.90 Å². The van der Waals surface area contributed by atoms with Gasteiger partial charge < -0.3 is 0 Å². The van der Waals surface area contributed by atoms with Crippen molar-refractivity contribution in [2.45, 2.75) is 0 Å². The Hall–Kier alpha value is 2.23. The van der Waals surface area contributed by atoms with Crippen molar-refractivity contribution in [1.82, 2.24) is 0 Å². The zero-order chi connectivity index (χ0) is 25.5. The average molecular weight is 908 g/mol. The standard InChI is InChI=1S/C25H22P2.6ClH.2Pd.2Ti/c1-5-13-22(14-6-1)26(23-15-7-2-8-16-23)21-27(24-17-9-3-10-18-24)25-19-11-4-12-20-25;;;;;;;;;;/h1-20H,21H2;6*1H;;;;/q;;;;;;;;;2*+3/p-4. The minimum atomic E-state index is -1.92. The summed E-state index contributed by atoms with van der Waals surface area (Å²) in [5.41, 5.74) is 0. The maximum atomic E-state index is 4.97. The summed E-state index contributed by atoms with van der Waals surface area (Å²) in [6, 6.07) is 44.5. The molecule has 0 saturated carbocycles. The molecule has 0 atom stereocenters. The average Bonchev–Trinajstić information content (AvgIpc) is 2.86. The summed E-state index contributed by atoms with van der Waals surface area (Å²) in [7, 11) is 28.1. The van der Waals surface area contributed by atoms with Crippen LogP contribution < -0.4 is 21.2 Å². The summed E-state index contributed by atoms with van der Waals surface area (Å²) in [4.78, 5) is 0. The second-order valence-electron chi connectivity index (χ2n) is 7.03. The molecule has 37 heavy (non-hydrogen) atoms. The Morgan fingerprint density at radius 3 is 0.703 bits per heavy atom. The summed E-state index contributed by atoms with van der Waals surface area (Å²) in [6.45, 7) is 0. The van der Waals surface area contributed by atoms with Gasteiger partial charge in [0.05, 0.1) is 0 Å². The Morgan fingerprint density at radius 2 is 0.541 bits per heavy atom. The Balaban J connectivity index is 0.00000115. The van der Waals surface area contributed by atoms with Gasteiger partial charge >= 0.3 is 85.2 Å². The first-order chi connectivity index (χ1) is 16.9. The van der Waals surface area contributed by atoms with E-state index in [1.165, 1.54) is 27.1 Å². The van der Waals surface area contributed by atoms with Crippen LogP contribution in [0, 0.1) is 0 Å². The van der Waals surface area contributed by atoms with E-state index in [2.05, 4.69) is 121 Å². The Kier molecular flexibility index (Phi) is 25.2. The SMILES string of the molecule is [Cl][Ti]([Cl])[Cl].[Cl][Ti]([Cl])[Cl].[Pd].[Pd].c1ccc([PH+](C[PH+](c2ccccc2)c2ccccc2)c2ccccc2)cc1.